The minimum atomic E-state index is 0. The first-order valence-electron chi connectivity index (χ1n) is 46.9. The number of ether oxygens (including phenoxy) is 6. The summed E-state index contributed by atoms with van der Waals surface area (Å²) in [6.45, 7) is 10.7. The van der Waals surface area contributed by atoms with Crippen LogP contribution in [0.15, 0.2) is 261 Å². The highest BCUT2D eigenvalue weighted by Gasteiger charge is 2.48. The second-order valence-corrected chi connectivity index (χ2v) is 37.9. The van der Waals surface area contributed by atoms with Crippen LogP contribution in [0, 0.1) is 63.2 Å². The third kappa shape index (κ3) is 18.4. The quantitative estimate of drug-likeness (QED) is 0.0892. The molecule has 24 rings (SSSR count). The van der Waals surface area contributed by atoms with Gasteiger partial charge in [0.2, 0.25) is 0 Å². The molecule has 0 aromatic heterocycles. The second kappa shape index (κ2) is 38.7. The lowest BCUT2D eigenvalue weighted by molar-refractivity contribution is 0.104. The second-order valence-electron chi connectivity index (χ2n) is 37.9. The van der Waals surface area contributed by atoms with Gasteiger partial charge in [0.1, 0.15) is 106 Å². The van der Waals surface area contributed by atoms with E-state index in [9.17, 15) is 30.6 Å². The van der Waals surface area contributed by atoms with Crippen LogP contribution in [-0.2, 0) is 6.42 Å². The number of aromatic hydroxyl groups is 6. The molecule has 0 spiro atoms. The van der Waals surface area contributed by atoms with E-state index in [1.807, 2.05) is 78.9 Å². The molecule has 12 aliphatic rings. The summed E-state index contributed by atoms with van der Waals surface area (Å²) in [5.74, 6) is 14.1. The summed E-state index contributed by atoms with van der Waals surface area (Å²) >= 11 is 0. The molecule has 0 radical (unpaired) electrons. The SMILES string of the molecule is C.C.CCc1ccc([C@H]2Oc3ccc(O)cc3[C@H]3CCC[C@H]32)cc1.Cc1ccc([C@H]2Oc3ccc(O)cc3[C@H]3CCC[C@H]32)cc1.Cc1ccc([C@H]2Oc3ccc(O)cc3[C@H]3CCC[C@H]32)cc1.Cc1ccc([C@H]2Oc3ccc(O)cc3[C@H]3CCC[C@H]32)cc1.Cc1cccc([C@H]2Oc3ccc(O)cc3[C@H]3CCC[C@H]32)c1.Oc1ccc2c(c1)[C@H]1CCC[C@H]1[C@@H](c1ccccc1)O2. The largest absolute Gasteiger partial charge is 0.508 e. The molecule has 12 aromatic carbocycles. The average molecular weight is 1710 g/mol. The van der Waals surface area contributed by atoms with Crippen molar-refractivity contribution in [2.45, 2.75) is 244 Å². The molecule has 0 amide bonds. The molecule has 664 valence electrons. The molecule has 0 bridgehead atoms. The van der Waals surface area contributed by atoms with Crippen LogP contribution in [0.4, 0.5) is 0 Å². The molecular weight excluding hydrogens is 1590 g/mol. The molecule has 6 fully saturated rings. The summed E-state index contributed by atoms with van der Waals surface area (Å²) in [6.07, 6.45) is 23.9. The van der Waals surface area contributed by atoms with E-state index >= 15 is 0 Å². The van der Waals surface area contributed by atoms with Crippen LogP contribution in [0.1, 0.15) is 304 Å². The summed E-state index contributed by atoms with van der Waals surface area (Å²) in [4.78, 5) is 0. The predicted molar refractivity (Wildman–Crippen MR) is 510 cm³/mol. The van der Waals surface area contributed by atoms with Gasteiger partial charge in [-0.25, -0.2) is 0 Å². The van der Waals surface area contributed by atoms with Crippen molar-refractivity contribution in [2.24, 2.45) is 35.5 Å². The van der Waals surface area contributed by atoms with E-state index in [4.69, 9.17) is 28.4 Å². The molecular formula is C116H128O12. The number of rotatable bonds is 7. The number of aryl methyl sites for hydroxylation is 5. The van der Waals surface area contributed by atoms with E-state index in [0.717, 1.165) is 40.9 Å². The van der Waals surface area contributed by atoms with Crippen LogP contribution in [0.2, 0.25) is 0 Å². The van der Waals surface area contributed by atoms with Crippen molar-refractivity contribution in [3.05, 3.63) is 355 Å². The third-order valence-electron chi connectivity index (χ3n) is 30.1. The van der Waals surface area contributed by atoms with Gasteiger partial charge < -0.3 is 59.1 Å². The minimum absolute atomic E-state index is 0. The smallest absolute Gasteiger partial charge is 0.127 e. The van der Waals surface area contributed by atoms with Crippen LogP contribution in [-0.4, -0.2) is 30.6 Å². The lowest BCUT2D eigenvalue weighted by Crippen LogP contribution is -2.26. The lowest BCUT2D eigenvalue weighted by Gasteiger charge is -2.36. The fourth-order valence-electron chi connectivity index (χ4n) is 24.0. The first-order valence-corrected chi connectivity index (χ1v) is 46.9. The Morgan fingerprint density at radius 1 is 0.219 bits per heavy atom. The number of phenolic OH excluding ortho intramolecular Hbond substituents is 6. The van der Waals surface area contributed by atoms with Gasteiger partial charge in [0.15, 0.2) is 0 Å². The summed E-state index contributed by atoms with van der Waals surface area (Å²) in [5.41, 5.74) is 21.3. The molecule has 6 N–H and O–H groups in total. The van der Waals surface area contributed by atoms with Gasteiger partial charge in [0.05, 0.1) is 0 Å². The Hall–Kier alpha value is -11.8. The van der Waals surface area contributed by atoms with Crippen molar-refractivity contribution in [1.29, 1.82) is 0 Å². The van der Waals surface area contributed by atoms with Gasteiger partial charge in [-0.2, -0.15) is 0 Å². The average Bonchev–Trinajstić information content (AvgIpc) is 1.62. The zero-order valence-electron chi connectivity index (χ0n) is 73.3. The first-order chi connectivity index (χ1) is 61.5. The molecule has 6 aliphatic heterocycles. The highest BCUT2D eigenvalue weighted by atomic mass is 16.5. The number of hydrogen-bond donors (Lipinski definition) is 6. The molecule has 6 heterocycles. The van der Waals surface area contributed by atoms with E-state index < -0.39 is 0 Å². The van der Waals surface area contributed by atoms with Crippen LogP contribution >= 0.6 is 0 Å². The molecule has 0 unspecified atom stereocenters. The zero-order valence-corrected chi connectivity index (χ0v) is 73.3. The maximum Gasteiger partial charge on any atom is 0.127 e. The Bertz CT molecular complexity index is 5500. The van der Waals surface area contributed by atoms with Gasteiger partial charge in [-0.05, 0) is 295 Å². The highest BCUT2D eigenvalue weighted by Crippen LogP contribution is 2.61. The topological polar surface area (TPSA) is 177 Å². The molecule has 6 saturated carbocycles. The van der Waals surface area contributed by atoms with Gasteiger partial charge in [0.25, 0.3) is 0 Å². The van der Waals surface area contributed by atoms with Crippen molar-refractivity contribution in [3.8, 4) is 69.0 Å². The Morgan fingerprint density at radius 2 is 0.438 bits per heavy atom. The van der Waals surface area contributed by atoms with Gasteiger partial charge in [-0.15, -0.1) is 0 Å². The van der Waals surface area contributed by atoms with Crippen molar-refractivity contribution in [2.75, 3.05) is 0 Å². The summed E-state index contributed by atoms with van der Waals surface area (Å²) in [5, 5.41) is 58.6. The van der Waals surface area contributed by atoms with E-state index in [0.29, 0.717) is 106 Å². The fraction of sp³-hybridized carbons (Fsp3) is 0.379. The number of hydrogen-bond acceptors (Lipinski definition) is 12. The van der Waals surface area contributed by atoms with Gasteiger partial charge in [-0.1, -0.05) is 234 Å². The standard InChI is InChI=1S/C20H22O2.4C19H20O2.C18H18O2.2CH4/c1-2-13-6-8-14(9-7-13)20-17-5-3-4-16(17)18-12-15(21)10-11-19(18)22-20;1-12-4-2-5-13(10-12)19-16-7-3-6-15(16)17-11-14(20)8-9-18(17)21-19;3*1-12-5-7-13(8-6-12)19-16-4-2-3-15(16)17-11-14(20)9-10-18(17)21-19;19-13-9-10-17-16(11-13)14-7-4-8-15(14)18(20-17)12-5-2-1-3-6-12;;/h6-12,16-17,20-21H,2-5H2,1H3;2,4-5,8-11,15-16,19-20H,3,6-7H2,1H3;3*5-11,15-16,19-20H,2-4H2,1H3;1-3,5-6,9-11,14-15,18-19H,4,7-8H2;2*1H4/t16-,17+,20+;4*15-,16+,19+;14-,15+,18+;;/m000000../s1. The molecule has 6 aliphatic carbocycles. The normalized spacial score (nSPS) is 26.4. The van der Waals surface area contributed by atoms with Gasteiger partial charge in [-0.3, -0.25) is 0 Å². The van der Waals surface area contributed by atoms with Crippen LogP contribution < -0.4 is 28.4 Å². The van der Waals surface area contributed by atoms with E-state index in [1.54, 1.807) is 36.4 Å². The Balaban J connectivity index is 0.000000108. The third-order valence-corrected chi connectivity index (χ3v) is 30.1. The summed E-state index contributed by atoms with van der Waals surface area (Å²) < 4.78 is 37.9. The Kier molecular flexibility index (Phi) is 26.7. The van der Waals surface area contributed by atoms with E-state index in [2.05, 4.69) is 180 Å². The number of phenols is 6. The Labute approximate surface area is 758 Å². The maximum absolute atomic E-state index is 9.79. The summed E-state index contributed by atoms with van der Waals surface area (Å²) in [6, 6.07) is 87.4. The van der Waals surface area contributed by atoms with Crippen molar-refractivity contribution >= 4 is 0 Å². The van der Waals surface area contributed by atoms with Crippen molar-refractivity contribution in [3.63, 3.8) is 0 Å². The molecule has 12 heteroatoms. The summed E-state index contributed by atoms with van der Waals surface area (Å²) in [7, 11) is 0. The van der Waals surface area contributed by atoms with Crippen LogP contribution in [0.5, 0.6) is 69.0 Å². The fourth-order valence-corrected chi connectivity index (χ4v) is 24.0. The maximum atomic E-state index is 9.79. The molecule has 128 heavy (non-hydrogen) atoms. The Morgan fingerprint density at radius 3 is 0.672 bits per heavy atom. The van der Waals surface area contributed by atoms with Crippen molar-refractivity contribution < 1.29 is 59.1 Å². The molecule has 0 saturated heterocycles. The van der Waals surface area contributed by atoms with Crippen LogP contribution in [0.25, 0.3) is 0 Å². The monoisotopic (exact) mass is 1710 g/mol. The minimum Gasteiger partial charge on any atom is -0.508 e. The highest BCUT2D eigenvalue weighted by molar-refractivity contribution is 5.53. The van der Waals surface area contributed by atoms with E-state index in [1.165, 1.54) is 210 Å². The number of benzene rings is 12. The predicted octanol–water partition coefficient (Wildman–Crippen LogP) is 29.5. The lowest BCUT2D eigenvalue weighted by atomic mass is 9.80. The molecule has 12 aromatic rings. The number of fused-ring (bicyclic) bond motifs is 18. The molecule has 18 atom stereocenters. The van der Waals surface area contributed by atoms with Gasteiger partial charge >= 0.3 is 0 Å². The zero-order chi connectivity index (χ0) is 86.2. The molecule has 12 nitrogen and oxygen atoms in total. The van der Waals surface area contributed by atoms with Gasteiger partial charge in [0, 0.05) is 68.9 Å². The van der Waals surface area contributed by atoms with Crippen molar-refractivity contribution in [1.82, 2.24) is 0 Å². The van der Waals surface area contributed by atoms with Crippen LogP contribution in [0.3, 0.4) is 0 Å². The van der Waals surface area contributed by atoms with E-state index in [-0.39, 0.29) is 51.5 Å². The first kappa shape index (κ1) is 88.3.